The molecule has 0 aromatic carbocycles. The van der Waals surface area contributed by atoms with E-state index in [1.54, 1.807) is 0 Å². The number of carbonyl (C=O) groups is 1. The molecule has 0 aromatic rings. The number of hydrogen-bond donors (Lipinski definition) is 3. The molecule has 2 unspecified atom stereocenters. The van der Waals surface area contributed by atoms with Gasteiger partial charge in [-0.05, 0) is 38.3 Å². The number of nitrogens with two attached hydrogens (primary N) is 2. The van der Waals surface area contributed by atoms with E-state index in [1.165, 1.54) is 25.7 Å². The van der Waals surface area contributed by atoms with Gasteiger partial charge in [0.05, 0.1) is 0 Å². The second-order valence-electron chi connectivity index (χ2n) is 4.41. The van der Waals surface area contributed by atoms with E-state index in [0.29, 0.717) is 18.4 Å². The third kappa shape index (κ3) is 4.62. The summed E-state index contributed by atoms with van der Waals surface area (Å²) in [6.45, 7) is 1.65. The summed E-state index contributed by atoms with van der Waals surface area (Å²) in [5.74, 6) is 0.406. The number of nitrogens with one attached hydrogen (secondary N) is 1. The van der Waals surface area contributed by atoms with Crippen LogP contribution in [0.3, 0.4) is 0 Å². The molecule has 0 bridgehead atoms. The van der Waals surface area contributed by atoms with Crippen LogP contribution in [0.4, 0.5) is 0 Å². The average Bonchev–Trinajstić information content (AvgIpc) is 2.24. The van der Waals surface area contributed by atoms with Crippen molar-refractivity contribution in [3.63, 3.8) is 0 Å². The van der Waals surface area contributed by atoms with Gasteiger partial charge in [-0.25, -0.2) is 0 Å². The zero-order chi connectivity index (χ0) is 11.1. The zero-order valence-electron chi connectivity index (χ0n) is 9.37. The van der Waals surface area contributed by atoms with Crippen molar-refractivity contribution in [3.05, 3.63) is 0 Å². The zero-order valence-corrected chi connectivity index (χ0v) is 9.37. The maximum Gasteiger partial charge on any atom is 0.217 e. The molecule has 0 radical (unpaired) electrons. The first kappa shape index (κ1) is 12.5. The second-order valence-corrected chi connectivity index (χ2v) is 4.41. The van der Waals surface area contributed by atoms with Gasteiger partial charge in [0.2, 0.25) is 5.91 Å². The fourth-order valence-corrected chi connectivity index (χ4v) is 2.31. The third-order valence-electron chi connectivity index (χ3n) is 3.22. The Morgan fingerprint density at radius 2 is 2.07 bits per heavy atom. The first-order valence-corrected chi connectivity index (χ1v) is 5.95. The highest BCUT2D eigenvalue weighted by Crippen LogP contribution is 2.23. The maximum atomic E-state index is 10.5. The van der Waals surface area contributed by atoms with E-state index in [9.17, 15) is 4.79 Å². The van der Waals surface area contributed by atoms with Crippen LogP contribution < -0.4 is 16.8 Å². The predicted octanol–water partition coefficient (Wildman–Crippen LogP) is 0.359. The van der Waals surface area contributed by atoms with Crippen LogP contribution in [0.15, 0.2) is 0 Å². The Balaban J connectivity index is 2.15. The minimum atomic E-state index is -0.212. The van der Waals surface area contributed by atoms with Gasteiger partial charge in [-0.15, -0.1) is 0 Å². The Hall–Kier alpha value is -0.610. The lowest BCUT2D eigenvalue weighted by Gasteiger charge is -2.31. The summed E-state index contributed by atoms with van der Waals surface area (Å²) in [6.07, 6.45) is 6.38. The van der Waals surface area contributed by atoms with Gasteiger partial charge in [-0.3, -0.25) is 4.79 Å². The molecule has 1 aliphatic carbocycles. The Labute approximate surface area is 91.8 Å². The molecule has 15 heavy (non-hydrogen) atoms. The number of amides is 1. The second kappa shape index (κ2) is 6.80. The van der Waals surface area contributed by atoms with Crippen LogP contribution in [0, 0.1) is 5.92 Å². The largest absolute Gasteiger partial charge is 0.370 e. The van der Waals surface area contributed by atoms with Gasteiger partial charge in [-0.1, -0.05) is 12.8 Å². The number of rotatable bonds is 6. The first-order valence-electron chi connectivity index (χ1n) is 5.95. The normalized spacial score (nSPS) is 26.5. The van der Waals surface area contributed by atoms with Crippen molar-refractivity contribution < 1.29 is 4.79 Å². The van der Waals surface area contributed by atoms with E-state index in [4.69, 9.17) is 11.5 Å². The van der Waals surface area contributed by atoms with Crippen LogP contribution in [-0.2, 0) is 4.79 Å². The molecule has 4 nitrogen and oxygen atoms in total. The van der Waals surface area contributed by atoms with E-state index in [2.05, 4.69) is 5.32 Å². The fourth-order valence-electron chi connectivity index (χ4n) is 2.31. The van der Waals surface area contributed by atoms with Gasteiger partial charge >= 0.3 is 0 Å². The summed E-state index contributed by atoms with van der Waals surface area (Å²) < 4.78 is 0. The summed E-state index contributed by atoms with van der Waals surface area (Å²) in [7, 11) is 0. The average molecular weight is 213 g/mol. The molecule has 1 rings (SSSR count). The lowest BCUT2D eigenvalue weighted by molar-refractivity contribution is -0.118. The van der Waals surface area contributed by atoms with Crippen LogP contribution >= 0.6 is 0 Å². The Morgan fingerprint density at radius 1 is 1.33 bits per heavy atom. The summed E-state index contributed by atoms with van der Waals surface area (Å²) in [6, 6.07) is 0.552. The van der Waals surface area contributed by atoms with Gasteiger partial charge in [0.15, 0.2) is 0 Å². The SMILES string of the molecule is NCC1CCCCC1NCCCC(N)=O. The van der Waals surface area contributed by atoms with Gasteiger partial charge in [0.1, 0.15) is 0 Å². The summed E-state index contributed by atoms with van der Waals surface area (Å²) in [5.41, 5.74) is 10.8. The molecule has 0 spiro atoms. The lowest BCUT2D eigenvalue weighted by Crippen LogP contribution is -2.42. The summed E-state index contributed by atoms with van der Waals surface area (Å²) in [5, 5.41) is 3.49. The smallest absolute Gasteiger partial charge is 0.217 e. The molecule has 5 N–H and O–H groups in total. The lowest BCUT2D eigenvalue weighted by atomic mass is 9.84. The number of hydrogen-bond acceptors (Lipinski definition) is 3. The molecule has 1 saturated carbocycles. The van der Waals surface area contributed by atoms with E-state index < -0.39 is 0 Å². The molecule has 0 aromatic heterocycles. The minimum Gasteiger partial charge on any atom is -0.370 e. The molecule has 1 fully saturated rings. The van der Waals surface area contributed by atoms with Crippen molar-refractivity contribution in [2.75, 3.05) is 13.1 Å². The summed E-state index contributed by atoms with van der Waals surface area (Å²) >= 11 is 0. The minimum absolute atomic E-state index is 0.212. The molecular weight excluding hydrogens is 190 g/mol. The molecule has 88 valence electrons. The molecule has 1 aliphatic rings. The molecule has 2 atom stereocenters. The molecule has 1 amide bonds. The van der Waals surface area contributed by atoms with Crippen molar-refractivity contribution >= 4 is 5.91 Å². The fraction of sp³-hybridized carbons (Fsp3) is 0.909. The standard InChI is InChI=1S/C11H23N3O/c12-8-9-4-1-2-5-10(9)14-7-3-6-11(13)15/h9-10,14H,1-8,12H2,(H2,13,15). The Morgan fingerprint density at radius 3 is 2.73 bits per heavy atom. The monoisotopic (exact) mass is 213 g/mol. The van der Waals surface area contributed by atoms with Gasteiger partial charge in [0, 0.05) is 12.5 Å². The van der Waals surface area contributed by atoms with Crippen molar-refractivity contribution in [2.45, 2.75) is 44.6 Å². The van der Waals surface area contributed by atoms with Crippen molar-refractivity contribution in [2.24, 2.45) is 17.4 Å². The van der Waals surface area contributed by atoms with Crippen molar-refractivity contribution in [3.8, 4) is 0 Å². The Bertz CT molecular complexity index is 196. The van der Waals surface area contributed by atoms with E-state index in [0.717, 1.165) is 19.5 Å². The predicted molar refractivity (Wildman–Crippen MR) is 61.2 cm³/mol. The Kier molecular flexibility index (Phi) is 5.65. The number of carbonyl (C=O) groups excluding carboxylic acids is 1. The van der Waals surface area contributed by atoms with Crippen LogP contribution in [0.25, 0.3) is 0 Å². The molecule has 0 aliphatic heterocycles. The molecule has 0 saturated heterocycles. The highest BCUT2D eigenvalue weighted by molar-refractivity contribution is 5.73. The van der Waals surface area contributed by atoms with Crippen LogP contribution in [0.2, 0.25) is 0 Å². The van der Waals surface area contributed by atoms with E-state index in [-0.39, 0.29) is 5.91 Å². The van der Waals surface area contributed by atoms with Crippen LogP contribution in [0.1, 0.15) is 38.5 Å². The highest BCUT2D eigenvalue weighted by atomic mass is 16.1. The quantitative estimate of drug-likeness (QED) is 0.557. The third-order valence-corrected chi connectivity index (χ3v) is 3.22. The first-order chi connectivity index (χ1) is 7.24. The number of primary amides is 1. The topological polar surface area (TPSA) is 81.1 Å². The van der Waals surface area contributed by atoms with Gasteiger partial charge in [-0.2, -0.15) is 0 Å². The maximum absolute atomic E-state index is 10.5. The summed E-state index contributed by atoms with van der Waals surface area (Å²) in [4.78, 5) is 10.5. The van der Waals surface area contributed by atoms with Gasteiger partial charge < -0.3 is 16.8 Å². The van der Waals surface area contributed by atoms with E-state index >= 15 is 0 Å². The van der Waals surface area contributed by atoms with E-state index in [1.807, 2.05) is 0 Å². The van der Waals surface area contributed by atoms with Crippen molar-refractivity contribution in [1.29, 1.82) is 0 Å². The molecular formula is C11H23N3O. The molecule has 0 heterocycles. The highest BCUT2D eigenvalue weighted by Gasteiger charge is 2.22. The van der Waals surface area contributed by atoms with Gasteiger partial charge in [0.25, 0.3) is 0 Å². The molecule has 4 heteroatoms. The van der Waals surface area contributed by atoms with Crippen LogP contribution in [0.5, 0.6) is 0 Å². The van der Waals surface area contributed by atoms with Crippen LogP contribution in [-0.4, -0.2) is 25.0 Å². The van der Waals surface area contributed by atoms with Crippen molar-refractivity contribution in [1.82, 2.24) is 5.32 Å².